The van der Waals surface area contributed by atoms with Crippen LogP contribution in [0.15, 0.2) is 66.7 Å². The van der Waals surface area contributed by atoms with Gasteiger partial charge >= 0.3 is 5.97 Å². The number of carboxylic acids is 1. The highest BCUT2D eigenvalue weighted by molar-refractivity contribution is 6.31. The Kier molecular flexibility index (Phi) is 8.32. The van der Waals surface area contributed by atoms with Crippen LogP contribution in [0.2, 0.25) is 10.0 Å². The molecule has 1 unspecified atom stereocenters. The van der Waals surface area contributed by atoms with Crippen molar-refractivity contribution in [2.75, 3.05) is 6.61 Å². The van der Waals surface area contributed by atoms with E-state index in [-0.39, 0.29) is 12.4 Å². The Balaban J connectivity index is 1.55. The van der Waals surface area contributed by atoms with E-state index in [9.17, 15) is 14.7 Å². The molecule has 0 radical (unpaired) electrons. The lowest BCUT2D eigenvalue weighted by molar-refractivity contribution is -0.142. The largest absolute Gasteiger partial charge is 0.493 e. The maximum absolute atomic E-state index is 11.8. The molecule has 6 heteroatoms. The molecule has 0 bridgehead atoms. The molecule has 4 nitrogen and oxygen atoms in total. The zero-order valence-corrected chi connectivity index (χ0v) is 19.2. The summed E-state index contributed by atoms with van der Waals surface area (Å²) in [7, 11) is 0. The van der Waals surface area contributed by atoms with E-state index in [4.69, 9.17) is 27.9 Å². The Bertz CT molecular complexity index is 1080. The number of hydrogen-bond acceptors (Lipinski definition) is 3. The third-order valence-electron chi connectivity index (χ3n) is 5.31. The van der Waals surface area contributed by atoms with Crippen molar-refractivity contribution in [1.82, 2.24) is 0 Å². The van der Waals surface area contributed by atoms with Crippen molar-refractivity contribution >= 4 is 35.0 Å². The molecule has 3 rings (SSSR count). The van der Waals surface area contributed by atoms with Crippen molar-refractivity contribution in [3.05, 3.63) is 87.9 Å². The standard InChI is InChI=1S/C26H24Cl2O4/c1-17(29)24-16-23(28)12-13-25(24)32-15-14-21(26(30)31)7-4-18-2-5-19(6-3-18)20-8-10-22(27)11-9-20/h2-3,5-6,8-13,16,21H,4,7,14-15H2,1H3,(H,30,31). The van der Waals surface area contributed by atoms with Gasteiger partial charge in [0.25, 0.3) is 0 Å². The number of aliphatic carboxylic acids is 1. The lowest BCUT2D eigenvalue weighted by Gasteiger charge is -2.15. The van der Waals surface area contributed by atoms with Gasteiger partial charge in [-0.2, -0.15) is 0 Å². The van der Waals surface area contributed by atoms with Crippen LogP contribution in [0.1, 0.15) is 35.7 Å². The molecule has 3 aromatic carbocycles. The summed E-state index contributed by atoms with van der Waals surface area (Å²) in [6.07, 6.45) is 1.49. The molecule has 0 spiro atoms. The van der Waals surface area contributed by atoms with Gasteiger partial charge in [0, 0.05) is 10.0 Å². The summed E-state index contributed by atoms with van der Waals surface area (Å²) in [5, 5.41) is 10.8. The number of rotatable bonds is 10. The normalized spacial score (nSPS) is 11.7. The highest BCUT2D eigenvalue weighted by Crippen LogP contribution is 2.25. The molecule has 0 aliphatic heterocycles. The topological polar surface area (TPSA) is 63.6 Å². The Morgan fingerprint density at radius 3 is 2.06 bits per heavy atom. The third-order valence-corrected chi connectivity index (χ3v) is 5.79. The summed E-state index contributed by atoms with van der Waals surface area (Å²) < 4.78 is 5.71. The minimum atomic E-state index is -0.853. The molecule has 0 amide bonds. The first-order chi connectivity index (χ1) is 15.3. The maximum atomic E-state index is 11.8. The minimum Gasteiger partial charge on any atom is -0.493 e. The number of ether oxygens (including phenoxy) is 1. The van der Waals surface area contributed by atoms with Gasteiger partial charge in [0.15, 0.2) is 5.78 Å². The molecule has 32 heavy (non-hydrogen) atoms. The van der Waals surface area contributed by atoms with Crippen molar-refractivity contribution in [1.29, 1.82) is 0 Å². The molecule has 0 fully saturated rings. The predicted octanol–water partition coefficient (Wildman–Crippen LogP) is 6.97. The van der Waals surface area contributed by atoms with Crippen LogP contribution < -0.4 is 4.74 Å². The number of halogens is 2. The highest BCUT2D eigenvalue weighted by atomic mass is 35.5. The fourth-order valence-electron chi connectivity index (χ4n) is 3.45. The molecule has 1 atom stereocenters. The quantitative estimate of drug-likeness (QED) is 0.325. The fraction of sp³-hybridized carbons (Fsp3) is 0.231. The zero-order valence-electron chi connectivity index (χ0n) is 17.7. The van der Waals surface area contributed by atoms with E-state index >= 15 is 0 Å². The van der Waals surface area contributed by atoms with Gasteiger partial charge in [-0.15, -0.1) is 0 Å². The van der Waals surface area contributed by atoms with Gasteiger partial charge in [0.2, 0.25) is 0 Å². The first-order valence-corrected chi connectivity index (χ1v) is 11.1. The van der Waals surface area contributed by atoms with Crippen molar-refractivity contribution in [2.45, 2.75) is 26.2 Å². The molecular formula is C26H24Cl2O4. The van der Waals surface area contributed by atoms with Crippen molar-refractivity contribution in [3.63, 3.8) is 0 Å². The first-order valence-electron chi connectivity index (χ1n) is 10.3. The molecule has 0 aromatic heterocycles. The Morgan fingerprint density at radius 2 is 1.47 bits per heavy atom. The molecule has 166 valence electrons. The van der Waals surface area contributed by atoms with Crippen molar-refractivity contribution < 1.29 is 19.4 Å². The highest BCUT2D eigenvalue weighted by Gasteiger charge is 2.18. The molecule has 0 aliphatic rings. The molecule has 1 N–H and O–H groups in total. The van der Waals surface area contributed by atoms with Crippen LogP contribution in [0, 0.1) is 5.92 Å². The Labute approximate surface area is 197 Å². The SMILES string of the molecule is CC(=O)c1cc(Cl)ccc1OCCC(CCc1ccc(-c2ccc(Cl)cc2)cc1)C(=O)O. The molecule has 3 aromatic rings. The van der Waals surface area contributed by atoms with E-state index < -0.39 is 11.9 Å². The number of carbonyl (C=O) groups is 2. The van der Waals surface area contributed by atoms with Crippen molar-refractivity contribution in [2.24, 2.45) is 5.92 Å². The number of hydrogen-bond donors (Lipinski definition) is 1. The van der Waals surface area contributed by atoms with Crippen LogP contribution in [-0.2, 0) is 11.2 Å². The average Bonchev–Trinajstić information content (AvgIpc) is 2.77. The number of aryl methyl sites for hydroxylation is 1. The van der Waals surface area contributed by atoms with E-state index in [0.717, 1.165) is 16.7 Å². The summed E-state index contributed by atoms with van der Waals surface area (Å²) in [5.74, 6) is -1.13. The van der Waals surface area contributed by atoms with E-state index in [1.807, 2.05) is 48.5 Å². The summed E-state index contributed by atoms with van der Waals surface area (Å²) >= 11 is 11.9. The molecular weight excluding hydrogens is 447 g/mol. The second kappa shape index (κ2) is 11.2. The van der Waals surface area contributed by atoms with Crippen LogP contribution in [-0.4, -0.2) is 23.5 Å². The van der Waals surface area contributed by atoms with E-state index in [1.165, 1.54) is 6.92 Å². The Hall–Kier alpha value is -2.82. The number of Topliss-reactive ketones (excluding diaryl/α,β-unsaturated/α-hetero) is 1. The molecule has 0 saturated heterocycles. The predicted molar refractivity (Wildman–Crippen MR) is 128 cm³/mol. The summed E-state index contributed by atoms with van der Waals surface area (Å²) in [6, 6.07) is 20.6. The minimum absolute atomic E-state index is 0.153. The second-order valence-corrected chi connectivity index (χ2v) is 8.48. The van der Waals surface area contributed by atoms with Crippen LogP contribution in [0.4, 0.5) is 0 Å². The van der Waals surface area contributed by atoms with Crippen molar-refractivity contribution in [3.8, 4) is 16.9 Å². The van der Waals surface area contributed by atoms with Gasteiger partial charge in [-0.1, -0.05) is 59.6 Å². The van der Waals surface area contributed by atoms with Gasteiger partial charge in [-0.25, -0.2) is 0 Å². The zero-order chi connectivity index (χ0) is 23.1. The lowest BCUT2D eigenvalue weighted by atomic mass is 9.95. The van der Waals surface area contributed by atoms with Gasteiger partial charge in [-0.3, -0.25) is 9.59 Å². The molecule has 0 saturated carbocycles. The third kappa shape index (κ3) is 6.59. The van der Waals surface area contributed by atoms with Crippen LogP contribution in [0.3, 0.4) is 0 Å². The second-order valence-electron chi connectivity index (χ2n) is 7.61. The van der Waals surface area contributed by atoms with Gasteiger partial charge in [0.05, 0.1) is 18.1 Å². The number of carbonyl (C=O) groups excluding carboxylic acids is 1. The number of benzene rings is 3. The maximum Gasteiger partial charge on any atom is 0.306 e. The lowest BCUT2D eigenvalue weighted by Crippen LogP contribution is -2.18. The number of carboxylic acid groups (broad SMARTS) is 1. The monoisotopic (exact) mass is 470 g/mol. The van der Waals surface area contributed by atoms with Crippen LogP contribution in [0.25, 0.3) is 11.1 Å². The van der Waals surface area contributed by atoms with Gasteiger partial charge in [0.1, 0.15) is 5.75 Å². The first kappa shape index (κ1) is 23.8. The van der Waals surface area contributed by atoms with Gasteiger partial charge < -0.3 is 9.84 Å². The number of ketones is 1. The Morgan fingerprint density at radius 1 is 0.875 bits per heavy atom. The van der Waals surface area contributed by atoms with Gasteiger partial charge in [-0.05, 0) is 73.2 Å². The molecule has 0 aliphatic carbocycles. The molecule has 0 heterocycles. The van der Waals surface area contributed by atoms with Crippen LogP contribution in [0.5, 0.6) is 5.75 Å². The average molecular weight is 471 g/mol. The van der Waals surface area contributed by atoms with E-state index in [0.29, 0.717) is 40.6 Å². The summed E-state index contributed by atoms with van der Waals surface area (Å²) in [4.78, 5) is 23.5. The van der Waals surface area contributed by atoms with E-state index in [1.54, 1.807) is 18.2 Å². The summed E-state index contributed by atoms with van der Waals surface area (Å²) in [5.41, 5.74) is 3.63. The fourth-order valence-corrected chi connectivity index (χ4v) is 3.75. The summed E-state index contributed by atoms with van der Waals surface area (Å²) in [6.45, 7) is 1.64. The van der Waals surface area contributed by atoms with E-state index in [2.05, 4.69) is 0 Å². The smallest absolute Gasteiger partial charge is 0.306 e. The van der Waals surface area contributed by atoms with Crippen LogP contribution >= 0.6 is 23.2 Å².